The minimum absolute atomic E-state index is 0.122. The average Bonchev–Trinajstić information content (AvgIpc) is 2.05. The van der Waals surface area contributed by atoms with Crippen molar-refractivity contribution in [1.29, 1.82) is 0 Å². The van der Waals surface area contributed by atoms with Crippen LogP contribution in [0.15, 0.2) is 0 Å². The van der Waals surface area contributed by atoms with E-state index >= 15 is 0 Å². The Morgan fingerprint density at radius 3 is 2.75 bits per heavy atom. The molecule has 0 aliphatic heterocycles. The first-order chi connectivity index (χ1) is 5.57. The van der Waals surface area contributed by atoms with Gasteiger partial charge in [-0.1, -0.05) is 0 Å². The van der Waals surface area contributed by atoms with E-state index in [9.17, 15) is 0 Å². The lowest BCUT2D eigenvalue weighted by molar-refractivity contribution is 0.106. The number of nitrogens with zero attached hydrogens (tertiary/aromatic N) is 1. The van der Waals surface area contributed by atoms with Crippen LogP contribution in [0.4, 0.5) is 0 Å². The fourth-order valence-corrected chi connectivity index (χ4v) is 1.95. The highest BCUT2D eigenvalue weighted by Gasteiger charge is 2.32. The monoisotopic (exact) mass is 172 g/mol. The molecule has 1 saturated carbocycles. The summed E-state index contributed by atoms with van der Waals surface area (Å²) in [4.78, 5) is 2.20. The normalized spacial score (nSPS) is 37.2. The number of hydrogen-bond donors (Lipinski definition) is 2. The van der Waals surface area contributed by atoms with Crippen molar-refractivity contribution in [2.24, 2.45) is 5.73 Å². The smallest absolute Gasteiger partial charge is 0.0611 e. The van der Waals surface area contributed by atoms with Crippen LogP contribution >= 0.6 is 0 Å². The van der Waals surface area contributed by atoms with Crippen LogP contribution in [-0.4, -0.2) is 42.3 Å². The Bertz CT molecular complexity index is 149. The van der Waals surface area contributed by atoms with Gasteiger partial charge in [-0.05, 0) is 39.8 Å². The molecule has 1 aliphatic rings. The van der Waals surface area contributed by atoms with Gasteiger partial charge in [-0.15, -0.1) is 0 Å². The van der Waals surface area contributed by atoms with Gasteiger partial charge < -0.3 is 15.7 Å². The molecule has 3 nitrogen and oxygen atoms in total. The van der Waals surface area contributed by atoms with Crippen molar-refractivity contribution in [3.8, 4) is 0 Å². The molecule has 0 bridgehead atoms. The lowest BCUT2D eigenvalue weighted by atomic mass is 9.80. The number of rotatable bonds is 2. The number of aliphatic hydroxyl groups is 1. The van der Waals surface area contributed by atoms with Gasteiger partial charge in [-0.25, -0.2) is 0 Å². The van der Waals surface area contributed by atoms with Crippen LogP contribution in [0.25, 0.3) is 0 Å². The van der Waals surface area contributed by atoms with E-state index in [-0.39, 0.29) is 12.1 Å². The number of aliphatic hydroxyl groups excluding tert-OH is 1. The molecule has 0 heterocycles. The molecule has 1 aliphatic carbocycles. The van der Waals surface area contributed by atoms with Gasteiger partial charge >= 0.3 is 0 Å². The van der Waals surface area contributed by atoms with Crippen LogP contribution < -0.4 is 5.73 Å². The minimum Gasteiger partial charge on any atom is -0.394 e. The summed E-state index contributed by atoms with van der Waals surface area (Å²) >= 11 is 0. The first-order valence-corrected chi connectivity index (χ1v) is 4.63. The van der Waals surface area contributed by atoms with Gasteiger partial charge in [0, 0.05) is 11.6 Å². The molecule has 0 saturated heterocycles. The Morgan fingerprint density at radius 1 is 1.58 bits per heavy atom. The zero-order chi connectivity index (χ0) is 9.19. The third kappa shape index (κ3) is 2.19. The van der Waals surface area contributed by atoms with Crippen LogP contribution in [0, 0.1) is 0 Å². The molecule has 3 heteroatoms. The topological polar surface area (TPSA) is 49.5 Å². The van der Waals surface area contributed by atoms with Gasteiger partial charge in [0.25, 0.3) is 0 Å². The second kappa shape index (κ2) is 3.73. The zero-order valence-corrected chi connectivity index (χ0v) is 8.08. The minimum atomic E-state index is -0.312. The standard InChI is InChI=1S/C9H20N2O/c1-11(2)8-4-3-5-9(10,6-8)7-12/h8,12H,3-7,10H2,1-2H3. The first kappa shape index (κ1) is 9.96. The summed E-state index contributed by atoms with van der Waals surface area (Å²) in [5.74, 6) is 0. The average molecular weight is 172 g/mol. The number of hydrogen-bond acceptors (Lipinski definition) is 3. The summed E-state index contributed by atoms with van der Waals surface area (Å²) in [6.07, 6.45) is 4.25. The van der Waals surface area contributed by atoms with E-state index < -0.39 is 0 Å². The molecule has 72 valence electrons. The third-order valence-corrected chi connectivity index (χ3v) is 2.90. The van der Waals surface area contributed by atoms with Crippen molar-refractivity contribution in [2.75, 3.05) is 20.7 Å². The second-order valence-corrected chi connectivity index (χ2v) is 4.23. The van der Waals surface area contributed by atoms with Crippen LogP contribution in [0.3, 0.4) is 0 Å². The molecular formula is C9H20N2O. The van der Waals surface area contributed by atoms with Gasteiger partial charge in [-0.2, -0.15) is 0 Å². The van der Waals surface area contributed by atoms with E-state index in [4.69, 9.17) is 10.8 Å². The van der Waals surface area contributed by atoms with E-state index in [1.807, 2.05) is 0 Å². The van der Waals surface area contributed by atoms with Gasteiger partial charge in [0.1, 0.15) is 0 Å². The largest absolute Gasteiger partial charge is 0.394 e. The molecule has 3 N–H and O–H groups in total. The second-order valence-electron chi connectivity index (χ2n) is 4.23. The Balaban J connectivity index is 2.51. The maximum Gasteiger partial charge on any atom is 0.0611 e. The molecule has 0 radical (unpaired) electrons. The van der Waals surface area contributed by atoms with Crippen LogP contribution in [0.1, 0.15) is 25.7 Å². The Kier molecular flexibility index (Phi) is 3.09. The van der Waals surface area contributed by atoms with Crippen molar-refractivity contribution in [2.45, 2.75) is 37.3 Å². The molecule has 0 spiro atoms. The van der Waals surface area contributed by atoms with Gasteiger partial charge in [0.15, 0.2) is 0 Å². The summed E-state index contributed by atoms with van der Waals surface area (Å²) in [7, 11) is 4.15. The first-order valence-electron chi connectivity index (χ1n) is 4.63. The Morgan fingerprint density at radius 2 is 2.25 bits per heavy atom. The van der Waals surface area contributed by atoms with E-state index in [0.717, 1.165) is 19.3 Å². The molecule has 0 aromatic heterocycles. The summed E-state index contributed by atoms with van der Waals surface area (Å²) in [6.45, 7) is 0.122. The fourth-order valence-electron chi connectivity index (χ4n) is 1.95. The molecule has 0 aromatic rings. The maximum atomic E-state index is 9.11. The van der Waals surface area contributed by atoms with Crippen molar-refractivity contribution < 1.29 is 5.11 Å². The van der Waals surface area contributed by atoms with Crippen molar-refractivity contribution >= 4 is 0 Å². The summed E-state index contributed by atoms with van der Waals surface area (Å²) in [6, 6.07) is 0.552. The van der Waals surface area contributed by atoms with Crippen LogP contribution in [-0.2, 0) is 0 Å². The molecule has 12 heavy (non-hydrogen) atoms. The fraction of sp³-hybridized carbons (Fsp3) is 1.00. The molecule has 0 aromatic carbocycles. The molecule has 2 unspecified atom stereocenters. The molecule has 1 fully saturated rings. The van der Waals surface area contributed by atoms with Crippen LogP contribution in [0.5, 0.6) is 0 Å². The van der Waals surface area contributed by atoms with Gasteiger partial charge in [0.05, 0.1) is 6.61 Å². The maximum absolute atomic E-state index is 9.11. The molecule has 1 rings (SSSR count). The lowest BCUT2D eigenvalue weighted by Gasteiger charge is -2.39. The highest BCUT2D eigenvalue weighted by atomic mass is 16.3. The summed E-state index contributed by atoms with van der Waals surface area (Å²) in [5.41, 5.74) is 5.70. The zero-order valence-electron chi connectivity index (χ0n) is 8.08. The van der Waals surface area contributed by atoms with E-state index in [2.05, 4.69) is 19.0 Å². The molecule has 0 amide bonds. The Hall–Kier alpha value is -0.120. The lowest BCUT2D eigenvalue weighted by Crippen LogP contribution is -2.51. The van der Waals surface area contributed by atoms with Crippen molar-refractivity contribution in [3.05, 3.63) is 0 Å². The van der Waals surface area contributed by atoms with E-state index in [1.54, 1.807) is 0 Å². The van der Waals surface area contributed by atoms with Crippen molar-refractivity contribution in [3.63, 3.8) is 0 Å². The van der Waals surface area contributed by atoms with E-state index in [1.165, 1.54) is 6.42 Å². The summed E-state index contributed by atoms with van der Waals surface area (Å²) < 4.78 is 0. The summed E-state index contributed by atoms with van der Waals surface area (Å²) in [5, 5.41) is 9.11. The van der Waals surface area contributed by atoms with Crippen molar-refractivity contribution in [1.82, 2.24) is 4.90 Å². The predicted octanol–water partition coefficient (Wildman–Crippen LogP) is 0.180. The number of nitrogens with two attached hydrogens (primary N) is 1. The van der Waals surface area contributed by atoms with Crippen LogP contribution in [0.2, 0.25) is 0 Å². The quantitative estimate of drug-likeness (QED) is 0.625. The van der Waals surface area contributed by atoms with Gasteiger partial charge in [0.2, 0.25) is 0 Å². The molecular weight excluding hydrogens is 152 g/mol. The van der Waals surface area contributed by atoms with E-state index in [0.29, 0.717) is 6.04 Å². The SMILES string of the molecule is CN(C)C1CCCC(N)(CO)C1. The highest BCUT2D eigenvalue weighted by molar-refractivity contribution is 4.92. The Labute approximate surface area is 74.5 Å². The third-order valence-electron chi connectivity index (χ3n) is 2.90. The predicted molar refractivity (Wildman–Crippen MR) is 49.9 cm³/mol. The highest BCUT2D eigenvalue weighted by Crippen LogP contribution is 2.27. The molecule has 2 atom stereocenters. The van der Waals surface area contributed by atoms with Gasteiger partial charge in [-0.3, -0.25) is 0 Å².